The normalized spacial score (nSPS) is 11.3. The molecule has 0 radical (unpaired) electrons. The van der Waals surface area contributed by atoms with E-state index in [9.17, 15) is 9.59 Å². The molecule has 5 heteroatoms. The molecule has 5 aromatic rings. The van der Waals surface area contributed by atoms with Crippen molar-refractivity contribution in [2.24, 2.45) is 0 Å². The molecule has 1 aromatic heterocycles. The number of aromatic amines is 1. The molecule has 5 rings (SSSR count). The Kier molecular flexibility index (Phi) is 5.99. The van der Waals surface area contributed by atoms with Crippen LogP contribution in [0.15, 0.2) is 108 Å². The minimum absolute atomic E-state index is 0.160. The monoisotopic (exact) mass is 445 g/mol. The first-order valence-corrected chi connectivity index (χ1v) is 11.1. The van der Waals surface area contributed by atoms with Gasteiger partial charge >= 0.3 is 0 Å². The number of para-hydroxylation sites is 1. The molecule has 166 valence electrons. The Labute approximate surface area is 197 Å². The van der Waals surface area contributed by atoms with Gasteiger partial charge in [0.05, 0.1) is 17.4 Å². The maximum absolute atomic E-state index is 13.3. The second-order valence-corrected chi connectivity index (χ2v) is 8.11. The van der Waals surface area contributed by atoms with Gasteiger partial charge in [-0.3, -0.25) is 9.59 Å². The number of H-pyrrole nitrogens is 1. The molecule has 0 atom stereocenters. The molecule has 1 amide bonds. The summed E-state index contributed by atoms with van der Waals surface area (Å²) in [5, 5.41) is 2.74. The van der Waals surface area contributed by atoms with Crippen LogP contribution in [0, 0.1) is 0 Å². The van der Waals surface area contributed by atoms with Crippen LogP contribution < -0.4 is 5.56 Å². The summed E-state index contributed by atoms with van der Waals surface area (Å²) in [5.74, 6) is 0.291. The molecule has 0 spiro atoms. The third kappa shape index (κ3) is 4.64. The van der Waals surface area contributed by atoms with Gasteiger partial charge in [-0.25, -0.2) is 4.98 Å². The number of nitrogens with zero attached hydrogens (tertiary/aromatic N) is 2. The smallest absolute Gasteiger partial charge is 0.258 e. The quantitative estimate of drug-likeness (QED) is 0.360. The van der Waals surface area contributed by atoms with Gasteiger partial charge in [0.15, 0.2) is 0 Å². The van der Waals surface area contributed by atoms with Crippen LogP contribution in [0.4, 0.5) is 0 Å². The number of aromatic nitrogens is 2. The van der Waals surface area contributed by atoms with E-state index in [1.165, 1.54) is 0 Å². The second-order valence-electron chi connectivity index (χ2n) is 8.11. The van der Waals surface area contributed by atoms with Crippen molar-refractivity contribution in [1.82, 2.24) is 14.9 Å². The fourth-order valence-electron chi connectivity index (χ4n) is 4.07. The van der Waals surface area contributed by atoms with Gasteiger partial charge in [0.1, 0.15) is 5.82 Å². The molecule has 1 heterocycles. The van der Waals surface area contributed by atoms with E-state index in [4.69, 9.17) is 0 Å². The molecule has 4 aromatic carbocycles. The lowest BCUT2D eigenvalue weighted by atomic mass is 10.0. The van der Waals surface area contributed by atoms with Crippen LogP contribution in [0.1, 0.15) is 17.0 Å². The van der Waals surface area contributed by atoms with Crippen molar-refractivity contribution in [1.29, 1.82) is 0 Å². The molecule has 0 fully saturated rings. The average Bonchev–Trinajstić information content (AvgIpc) is 2.87. The average molecular weight is 446 g/mol. The van der Waals surface area contributed by atoms with Crippen molar-refractivity contribution < 1.29 is 4.79 Å². The van der Waals surface area contributed by atoms with Crippen LogP contribution in [0.2, 0.25) is 0 Å². The summed E-state index contributed by atoms with van der Waals surface area (Å²) in [7, 11) is 0. The number of rotatable bonds is 6. The Morgan fingerprint density at radius 3 is 2.35 bits per heavy atom. The molecule has 0 aliphatic rings. The van der Waals surface area contributed by atoms with Crippen LogP contribution in [-0.4, -0.2) is 20.8 Å². The van der Waals surface area contributed by atoms with E-state index in [2.05, 4.69) is 22.1 Å². The molecule has 5 nitrogen and oxygen atoms in total. The maximum Gasteiger partial charge on any atom is 0.258 e. The minimum Gasteiger partial charge on any atom is -0.327 e. The third-order valence-corrected chi connectivity index (χ3v) is 5.76. The zero-order valence-electron chi connectivity index (χ0n) is 18.5. The van der Waals surface area contributed by atoms with Crippen LogP contribution >= 0.6 is 0 Å². The Bertz CT molecular complexity index is 1550. The fourth-order valence-corrected chi connectivity index (χ4v) is 4.07. The summed E-state index contributed by atoms with van der Waals surface area (Å²) >= 11 is 0. The summed E-state index contributed by atoms with van der Waals surface area (Å²) in [4.78, 5) is 35.0. The predicted molar refractivity (Wildman–Crippen MR) is 136 cm³/mol. The van der Waals surface area contributed by atoms with E-state index in [1.807, 2.05) is 78.9 Å². The highest BCUT2D eigenvalue weighted by molar-refractivity contribution is 5.96. The zero-order valence-corrected chi connectivity index (χ0v) is 18.5. The maximum atomic E-state index is 13.3. The SMILES string of the molecule is O=C(C=Cc1cccc2ccccc12)N(Cc1ccccc1)Cc1nc2ccccc2c(=O)[nH]1. The first kappa shape index (κ1) is 21.3. The van der Waals surface area contributed by atoms with Crippen LogP contribution in [0.3, 0.4) is 0 Å². The second kappa shape index (κ2) is 9.55. The van der Waals surface area contributed by atoms with Gasteiger partial charge in [0.25, 0.3) is 5.56 Å². The largest absolute Gasteiger partial charge is 0.327 e. The molecule has 0 aliphatic carbocycles. The van der Waals surface area contributed by atoms with Crippen molar-refractivity contribution >= 4 is 33.7 Å². The lowest BCUT2D eigenvalue weighted by Crippen LogP contribution is -2.30. The van der Waals surface area contributed by atoms with E-state index in [0.29, 0.717) is 23.3 Å². The number of fused-ring (bicyclic) bond motifs is 2. The van der Waals surface area contributed by atoms with E-state index in [-0.39, 0.29) is 18.0 Å². The Morgan fingerprint density at radius 1 is 0.794 bits per heavy atom. The standard InChI is InChI=1S/C29H23N3O2/c33-28(18-17-23-13-8-12-22-11-4-5-14-24(22)23)32(19-21-9-2-1-3-10-21)20-27-30-26-16-7-6-15-25(26)29(34)31-27/h1-18H,19-20H2,(H,30,31,34). The molecular formula is C29H23N3O2. The summed E-state index contributed by atoms with van der Waals surface area (Å²) < 4.78 is 0. The number of amides is 1. The number of benzene rings is 4. The van der Waals surface area contributed by atoms with Crippen molar-refractivity contribution in [3.05, 3.63) is 130 Å². The Morgan fingerprint density at radius 2 is 1.50 bits per heavy atom. The summed E-state index contributed by atoms with van der Waals surface area (Å²) in [6, 6.07) is 31.1. The van der Waals surface area contributed by atoms with Gasteiger partial charge in [-0.15, -0.1) is 0 Å². The van der Waals surface area contributed by atoms with Gasteiger partial charge in [-0.05, 0) is 40.1 Å². The number of hydrogen-bond acceptors (Lipinski definition) is 3. The first-order chi connectivity index (χ1) is 16.7. The Hall–Kier alpha value is -4.51. The highest BCUT2D eigenvalue weighted by Crippen LogP contribution is 2.20. The summed E-state index contributed by atoms with van der Waals surface area (Å²) in [5.41, 5.74) is 2.37. The number of carbonyl (C=O) groups excluding carboxylic acids is 1. The minimum atomic E-state index is -0.209. The van der Waals surface area contributed by atoms with Gasteiger partial charge in [0.2, 0.25) is 5.91 Å². The highest BCUT2D eigenvalue weighted by Gasteiger charge is 2.15. The van der Waals surface area contributed by atoms with E-state index >= 15 is 0 Å². The third-order valence-electron chi connectivity index (χ3n) is 5.76. The number of hydrogen-bond donors (Lipinski definition) is 1. The van der Waals surface area contributed by atoms with E-state index in [1.54, 1.807) is 23.1 Å². The molecule has 1 N–H and O–H groups in total. The van der Waals surface area contributed by atoms with Crippen LogP contribution in [0.25, 0.3) is 27.8 Å². The summed E-state index contributed by atoms with van der Waals surface area (Å²) in [6.07, 6.45) is 3.43. The molecule has 0 aliphatic heterocycles. The summed E-state index contributed by atoms with van der Waals surface area (Å²) in [6.45, 7) is 0.587. The van der Waals surface area contributed by atoms with Crippen molar-refractivity contribution in [2.45, 2.75) is 13.1 Å². The number of nitrogens with one attached hydrogen (secondary N) is 1. The van der Waals surface area contributed by atoms with Gasteiger partial charge in [0, 0.05) is 12.6 Å². The van der Waals surface area contributed by atoms with Crippen LogP contribution in [0.5, 0.6) is 0 Å². The van der Waals surface area contributed by atoms with Gasteiger partial charge in [-0.2, -0.15) is 0 Å². The number of carbonyl (C=O) groups is 1. The highest BCUT2D eigenvalue weighted by atomic mass is 16.2. The van der Waals surface area contributed by atoms with E-state index < -0.39 is 0 Å². The van der Waals surface area contributed by atoms with Crippen molar-refractivity contribution in [3.8, 4) is 0 Å². The van der Waals surface area contributed by atoms with Crippen LogP contribution in [-0.2, 0) is 17.9 Å². The van der Waals surface area contributed by atoms with Crippen molar-refractivity contribution in [2.75, 3.05) is 0 Å². The van der Waals surface area contributed by atoms with Gasteiger partial charge < -0.3 is 9.88 Å². The molecule has 0 bridgehead atoms. The van der Waals surface area contributed by atoms with E-state index in [0.717, 1.165) is 21.9 Å². The topological polar surface area (TPSA) is 66.1 Å². The van der Waals surface area contributed by atoms with Crippen molar-refractivity contribution in [3.63, 3.8) is 0 Å². The lowest BCUT2D eigenvalue weighted by Gasteiger charge is -2.21. The fraction of sp³-hybridized carbons (Fsp3) is 0.0690. The molecular weight excluding hydrogens is 422 g/mol. The Balaban J connectivity index is 1.46. The predicted octanol–water partition coefficient (Wildman–Crippen LogP) is 5.32. The van der Waals surface area contributed by atoms with Gasteiger partial charge in [-0.1, -0.05) is 84.9 Å². The molecule has 0 unspecified atom stereocenters. The molecule has 0 saturated carbocycles. The lowest BCUT2D eigenvalue weighted by molar-refractivity contribution is -0.127. The zero-order chi connectivity index (χ0) is 23.3. The molecule has 0 saturated heterocycles. The first-order valence-electron chi connectivity index (χ1n) is 11.1. The molecule has 34 heavy (non-hydrogen) atoms.